The van der Waals surface area contributed by atoms with Crippen molar-refractivity contribution in [3.8, 4) is 0 Å². The summed E-state index contributed by atoms with van der Waals surface area (Å²) in [5, 5.41) is 0. The van der Waals surface area contributed by atoms with Crippen molar-refractivity contribution in [3.05, 3.63) is 0 Å². The summed E-state index contributed by atoms with van der Waals surface area (Å²) < 4.78 is 20.3. The van der Waals surface area contributed by atoms with Crippen molar-refractivity contribution in [3.63, 3.8) is 0 Å². The Bertz CT molecular complexity index is 190. The van der Waals surface area contributed by atoms with Gasteiger partial charge in [0.05, 0.1) is 12.2 Å². The normalized spacial score (nSPS) is 16.6. The number of phosphoric ester groups is 1. The summed E-state index contributed by atoms with van der Waals surface area (Å²) in [5.74, 6) is 0. The van der Waals surface area contributed by atoms with Gasteiger partial charge in [-0.2, -0.15) is 0 Å². The first-order valence-electron chi connectivity index (χ1n) is 4.72. The van der Waals surface area contributed by atoms with Crippen molar-refractivity contribution in [2.45, 2.75) is 45.8 Å². The highest BCUT2D eigenvalue weighted by Gasteiger charge is 2.23. The largest absolute Gasteiger partial charge is 0.469 e. The second kappa shape index (κ2) is 6.53. The fourth-order valence-corrected chi connectivity index (χ4v) is 1.46. The van der Waals surface area contributed by atoms with Gasteiger partial charge in [0.1, 0.15) is 0 Å². The Hall–Kier alpha value is 0.0700. The van der Waals surface area contributed by atoms with E-state index in [0.717, 1.165) is 12.8 Å². The summed E-state index contributed by atoms with van der Waals surface area (Å²) in [7, 11) is -4.39. The quantitative estimate of drug-likeness (QED) is 0.510. The summed E-state index contributed by atoms with van der Waals surface area (Å²) in [6.07, 6.45) is 1.05. The third kappa shape index (κ3) is 7.47. The van der Waals surface area contributed by atoms with E-state index in [0.29, 0.717) is 6.61 Å². The molecule has 0 spiro atoms. The lowest BCUT2D eigenvalue weighted by Gasteiger charge is -2.20. The van der Waals surface area contributed by atoms with Crippen LogP contribution in [0.25, 0.3) is 0 Å². The molecule has 0 fully saturated rings. The van der Waals surface area contributed by atoms with Gasteiger partial charge in [0, 0.05) is 6.61 Å². The van der Waals surface area contributed by atoms with E-state index in [-0.39, 0.29) is 6.10 Å². The van der Waals surface area contributed by atoms with Crippen molar-refractivity contribution < 1.29 is 23.6 Å². The summed E-state index contributed by atoms with van der Waals surface area (Å²) in [4.78, 5) is 17.1. The minimum Gasteiger partial charge on any atom is -0.376 e. The molecule has 0 aliphatic rings. The molecular weight excluding hydrogens is 207 g/mol. The molecule has 5 nitrogen and oxygen atoms in total. The SMILES string of the molecule is CCCCOC(C)C(C)OP(=O)(O)O. The molecule has 0 aliphatic carbocycles. The van der Waals surface area contributed by atoms with Crippen LogP contribution in [0.2, 0.25) is 0 Å². The van der Waals surface area contributed by atoms with E-state index in [9.17, 15) is 4.57 Å². The minimum absolute atomic E-state index is 0.311. The van der Waals surface area contributed by atoms with Crippen LogP contribution in [0.1, 0.15) is 33.6 Å². The van der Waals surface area contributed by atoms with Crippen LogP contribution in [0, 0.1) is 0 Å². The van der Waals surface area contributed by atoms with Crippen LogP contribution in [0.5, 0.6) is 0 Å². The number of phosphoric acid groups is 1. The van der Waals surface area contributed by atoms with Crippen LogP contribution in [-0.2, 0) is 13.8 Å². The zero-order valence-electron chi connectivity index (χ0n) is 8.84. The predicted octanol–water partition coefficient (Wildman–Crippen LogP) is 1.69. The van der Waals surface area contributed by atoms with E-state index in [1.165, 1.54) is 0 Å². The topological polar surface area (TPSA) is 76.0 Å². The van der Waals surface area contributed by atoms with Crippen LogP contribution >= 0.6 is 7.82 Å². The van der Waals surface area contributed by atoms with Gasteiger partial charge in [0.2, 0.25) is 0 Å². The van der Waals surface area contributed by atoms with Gasteiger partial charge < -0.3 is 14.5 Å². The van der Waals surface area contributed by atoms with Gasteiger partial charge in [-0.3, -0.25) is 4.52 Å². The first-order chi connectivity index (χ1) is 6.37. The first-order valence-corrected chi connectivity index (χ1v) is 6.25. The van der Waals surface area contributed by atoms with Gasteiger partial charge in [0.15, 0.2) is 0 Å². The average molecular weight is 226 g/mol. The van der Waals surface area contributed by atoms with Crippen LogP contribution in [-0.4, -0.2) is 28.6 Å². The van der Waals surface area contributed by atoms with Gasteiger partial charge in [0.25, 0.3) is 0 Å². The molecule has 0 saturated heterocycles. The monoisotopic (exact) mass is 226 g/mol. The van der Waals surface area contributed by atoms with Crippen molar-refractivity contribution in [2.24, 2.45) is 0 Å². The molecule has 86 valence electrons. The number of hydrogen-bond acceptors (Lipinski definition) is 3. The van der Waals surface area contributed by atoms with Gasteiger partial charge in [-0.1, -0.05) is 13.3 Å². The summed E-state index contributed by atoms with van der Waals surface area (Å²) in [6, 6.07) is 0. The molecule has 14 heavy (non-hydrogen) atoms. The van der Waals surface area contributed by atoms with Crippen LogP contribution < -0.4 is 0 Å². The molecule has 0 bridgehead atoms. The molecule has 2 unspecified atom stereocenters. The lowest BCUT2D eigenvalue weighted by molar-refractivity contribution is -0.0185. The van der Waals surface area contributed by atoms with Gasteiger partial charge in [-0.25, -0.2) is 4.57 Å². The molecule has 0 rings (SSSR count). The number of rotatable bonds is 7. The lowest BCUT2D eigenvalue weighted by Crippen LogP contribution is -2.25. The Morgan fingerprint density at radius 2 is 1.86 bits per heavy atom. The highest BCUT2D eigenvalue weighted by molar-refractivity contribution is 7.46. The molecule has 0 aromatic rings. The van der Waals surface area contributed by atoms with Crippen LogP contribution in [0.15, 0.2) is 0 Å². The fourth-order valence-electron chi connectivity index (χ4n) is 0.851. The third-order valence-electron chi connectivity index (χ3n) is 1.84. The maximum Gasteiger partial charge on any atom is 0.469 e. The molecule has 6 heteroatoms. The molecule has 0 aliphatic heterocycles. The second-order valence-electron chi connectivity index (χ2n) is 3.23. The molecule has 0 saturated carbocycles. The standard InChI is InChI=1S/C8H19O5P/c1-4-5-6-12-7(2)8(3)13-14(9,10)11/h7-8H,4-6H2,1-3H3,(H2,9,10,11). The third-order valence-corrected chi connectivity index (χ3v) is 2.45. The van der Waals surface area contributed by atoms with E-state index >= 15 is 0 Å². The highest BCUT2D eigenvalue weighted by Crippen LogP contribution is 2.38. The van der Waals surface area contributed by atoms with Crippen molar-refractivity contribution in [1.82, 2.24) is 0 Å². The van der Waals surface area contributed by atoms with Crippen molar-refractivity contribution in [2.75, 3.05) is 6.61 Å². The first kappa shape index (κ1) is 14.1. The highest BCUT2D eigenvalue weighted by atomic mass is 31.2. The van der Waals surface area contributed by atoms with E-state index in [4.69, 9.17) is 14.5 Å². The van der Waals surface area contributed by atoms with Crippen molar-refractivity contribution in [1.29, 1.82) is 0 Å². The number of ether oxygens (including phenoxy) is 1. The maximum absolute atomic E-state index is 10.5. The van der Waals surface area contributed by atoms with Crippen LogP contribution in [0.3, 0.4) is 0 Å². The summed E-state index contributed by atoms with van der Waals surface area (Å²) in [6.45, 7) is 5.95. The predicted molar refractivity (Wildman–Crippen MR) is 52.9 cm³/mol. The minimum atomic E-state index is -4.39. The van der Waals surface area contributed by atoms with Gasteiger partial charge >= 0.3 is 7.82 Å². The lowest BCUT2D eigenvalue weighted by atomic mass is 10.2. The summed E-state index contributed by atoms with van der Waals surface area (Å²) >= 11 is 0. The molecule has 0 aromatic heterocycles. The molecule has 0 aromatic carbocycles. The molecule has 0 amide bonds. The zero-order chi connectivity index (χ0) is 11.2. The molecule has 0 radical (unpaired) electrons. The van der Waals surface area contributed by atoms with E-state index in [1.54, 1.807) is 13.8 Å². The Balaban J connectivity index is 3.76. The van der Waals surface area contributed by atoms with E-state index in [1.807, 2.05) is 6.92 Å². The van der Waals surface area contributed by atoms with Gasteiger partial charge in [-0.05, 0) is 20.3 Å². The Kier molecular flexibility index (Phi) is 6.57. The average Bonchev–Trinajstić information content (AvgIpc) is 2.01. The Morgan fingerprint density at radius 1 is 1.29 bits per heavy atom. The fraction of sp³-hybridized carbons (Fsp3) is 1.00. The molecule has 2 atom stereocenters. The number of hydrogen-bond donors (Lipinski definition) is 2. The smallest absolute Gasteiger partial charge is 0.376 e. The summed E-state index contributed by atoms with van der Waals surface area (Å²) in [5.41, 5.74) is 0. The van der Waals surface area contributed by atoms with E-state index in [2.05, 4.69) is 4.52 Å². The molecular formula is C8H19O5P. The van der Waals surface area contributed by atoms with Crippen LogP contribution in [0.4, 0.5) is 0 Å². The number of unbranched alkanes of at least 4 members (excludes halogenated alkanes) is 1. The van der Waals surface area contributed by atoms with Gasteiger partial charge in [-0.15, -0.1) is 0 Å². The van der Waals surface area contributed by atoms with E-state index < -0.39 is 13.9 Å². The second-order valence-corrected chi connectivity index (χ2v) is 4.42. The molecule has 2 N–H and O–H groups in total. The van der Waals surface area contributed by atoms with Crippen molar-refractivity contribution >= 4 is 7.82 Å². The Morgan fingerprint density at radius 3 is 2.29 bits per heavy atom. The Labute approximate surface area is 84.7 Å². The maximum atomic E-state index is 10.5. The molecule has 0 heterocycles. The zero-order valence-corrected chi connectivity index (χ0v) is 9.74.